The normalized spacial score (nSPS) is 8.32. The van der Waals surface area contributed by atoms with Crippen LogP contribution in [0.25, 0.3) is 0 Å². The summed E-state index contributed by atoms with van der Waals surface area (Å²) in [6.45, 7) is 19.3. The highest BCUT2D eigenvalue weighted by Gasteiger charge is 1.83. The molecule has 1 heteroatoms. The van der Waals surface area contributed by atoms with Crippen molar-refractivity contribution < 1.29 is 0 Å². The van der Waals surface area contributed by atoms with Gasteiger partial charge in [-0.15, -0.1) is 0 Å². The van der Waals surface area contributed by atoms with Gasteiger partial charge in [0.05, 0.1) is 0 Å². The van der Waals surface area contributed by atoms with Crippen molar-refractivity contribution in [3.63, 3.8) is 0 Å². The predicted octanol–water partition coefficient (Wildman–Crippen LogP) is 6.88. The quantitative estimate of drug-likeness (QED) is 0.603. The van der Waals surface area contributed by atoms with Crippen molar-refractivity contribution in [2.24, 2.45) is 11.7 Å². The summed E-state index contributed by atoms with van der Waals surface area (Å²) in [5, 5.41) is 0. The van der Waals surface area contributed by atoms with Crippen LogP contribution < -0.4 is 5.73 Å². The fourth-order valence-electron chi connectivity index (χ4n) is 0.930. The molecule has 0 atom stereocenters. The highest BCUT2D eigenvalue weighted by molar-refractivity contribution is 5.17. The molecule has 0 aliphatic rings. The first kappa shape index (κ1) is 29.0. The highest BCUT2D eigenvalue weighted by atomic mass is 14.5. The number of hydrogen-bond donors (Lipinski definition) is 1. The van der Waals surface area contributed by atoms with Gasteiger partial charge < -0.3 is 5.73 Å². The van der Waals surface area contributed by atoms with Crippen LogP contribution in [-0.4, -0.2) is 6.54 Å². The minimum Gasteiger partial charge on any atom is -0.327 e. The molecule has 0 aliphatic heterocycles. The average Bonchev–Trinajstić information content (AvgIpc) is 2.62. The second kappa shape index (κ2) is 32.0. The molecule has 1 aromatic carbocycles. The maximum Gasteiger partial charge on any atom is 0.0106 e. The number of nitrogens with two attached hydrogens (primary N) is 1. The Hall–Kier alpha value is -1.08. The van der Waals surface area contributed by atoms with Gasteiger partial charge in [0.15, 0.2) is 0 Å². The minimum atomic E-state index is 0.632. The third-order valence-electron chi connectivity index (χ3n) is 2.32. The topological polar surface area (TPSA) is 26.0 Å². The summed E-state index contributed by atoms with van der Waals surface area (Å²) in [5.74, 6) is 0.884. The van der Waals surface area contributed by atoms with Crippen LogP contribution in [0.1, 0.15) is 74.3 Å². The van der Waals surface area contributed by atoms with Crippen molar-refractivity contribution in [1.82, 2.24) is 0 Å². The van der Waals surface area contributed by atoms with Gasteiger partial charge in [-0.2, -0.15) is 0 Å². The molecule has 22 heavy (non-hydrogen) atoms. The van der Waals surface area contributed by atoms with E-state index >= 15 is 0 Å². The Kier molecular flexibility index (Phi) is 42.2. The van der Waals surface area contributed by atoms with Gasteiger partial charge in [-0.1, -0.05) is 111 Å². The zero-order valence-electron chi connectivity index (χ0n) is 16.8. The van der Waals surface area contributed by atoms with Crippen LogP contribution in [0.5, 0.6) is 0 Å². The molecule has 1 nitrogen and oxygen atoms in total. The summed E-state index contributed by atoms with van der Waals surface area (Å²) in [5.41, 5.74) is 6.64. The van der Waals surface area contributed by atoms with E-state index in [9.17, 15) is 0 Å². The molecule has 0 saturated carbocycles. The first-order chi connectivity index (χ1) is 10.7. The summed E-state index contributed by atoms with van der Waals surface area (Å²) < 4.78 is 0. The first-order valence-corrected chi connectivity index (χ1v) is 9.09. The van der Waals surface area contributed by atoms with E-state index in [2.05, 4.69) is 39.0 Å². The van der Waals surface area contributed by atoms with E-state index in [4.69, 9.17) is 5.73 Å². The Bertz CT molecular complexity index is 262. The van der Waals surface area contributed by atoms with E-state index in [1.54, 1.807) is 0 Å². The molecular formula is C21H43N. The molecule has 0 bridgehead atoms. The summed E-state index contributed by atoms with van der Waals surface area (Å²) >= 11 is 0. The lowest BCUT2D eigenvalue weighted by atomic mass is 10.1. The first-order valence-electron chi connectivity index (χ1n) is 9.09. The second-order valence-corrected chi connectivity index (χ2v) is 4.20. The third-order valence-corrected chi connectivity index (χ3v) is 2.32. The van der Waals surface area contributed by atoms with Crippen LogP contribution in [-0.2, 0) is 6.42 Å². The van der Waals surface area contributed by atoms with Crippen molar-refractivity contribution >= 4 is 0 Å². The van der Waals surface area contributed by atoms with Crippen LogP contribution in [0, 0.1) is 5.92 Å². The zero-order valence-corrected chi connectivity index (χ0v) is 16.8. The minimum absolute atomic E-state index is 0.632. The molecule has 0 heterocycles. The Balaban J connectivity index is -0.000000125. The van der Waals surface area contributed by atoms with Crippen LogP contribution in [0.15, 0.2) is 42.5 Å². The van der Waals surface area contributed by atoms with Gasteiger partial charge >= 0.3 is 0 Å². The van der Waals surface area contributed by atoms with Crippen molar-refractivity contribution in [1.29, 1.82) is 0 Å². The molecule has 0 saturated heterocycles. The van der Waals surface area contributed by atoms with Crippen LogP contribution in [0.3, 0.4) is 0 Å². The van der Waals surface area contributed by atoms with E-state index in [1.165, 1.54) is 12.0 Å². The van der Waals surface area contributed by atoms with Gasteiger partial charge in [0.1, 0.15) is 0 Å². The molecule has 1 aromatic rings. The van der Waals surface area contributed by atoms with E-state index in [1.807, 2.05) is 65.8 Å². The van der Waals surface area contributed by atoms with Crippen molar-refractivity contribution in [3.8, 4) is 0 Å². The molecule has 0 amide bonds. The summed E-state index contributed by atoms with van der Waals surface area (Å²) in [4.78, 5) is 0. The average molecular weight is 310 g/mol. The smallest absolute Gasteiger partial charge is 0.0106 e. The Labute approximate surface area is 142 Å². The zero-order chi connectivity index (χ0) is 18.2. The van der Waals surface area contributed by atoms with E-state index in [-0.39, 0.29) is 0 Å². The highest BCUT2D eigenvalue weighted by Crippen LogP contribution is 1.99. The molecule has 0 spiro atoms. The lowest BCUT2D eigenvalue weighted by Crippen LogP contribution is -1.92. The van der Waals surface area contributed by atoms with E-state index in [0.29, 0.717) is 6.54 Å². The molecular weight excluding hydrogens is 266 g/mol. The molecule has 0 radical (unpaired) electrons. The molecule has 0 aliphatic carbocycles. The molecule has 132 valence electrons. The van der Waals surface area contributed by atoms with E-state index < -0.39 is 0 Å². The molecule has 0 unspecified atom stereocenters. The largest absolute Gasteiger partial charge is 0.327 e. The van der Waals surface area contributed by atoms with Crippen molar-refractivity contribution in [3.05, 3.63) is 48.0 Å². The number of hydrogen-bond acceptors (Lipinski definition) is 1. The van der Waals surface area contributed by atoms with Crippen molar-refractivity contribution in [2.75, 3.05) is 6.54 Å². The second-order valence-electron chi connectivity index (χ2n) is 4.20. The van der Waals surface area contributed by atoms with E-state index in [0.717, 1.165) is 12.3 Å². The standard InChI is InChI=1S/C10H13N.C5H12.3C2H6/c11-9-5-4-8-10-6-2-1-3-7-10;1-4-5(2)3;3*1-2/h1-7H,8-9,11H2;5H,4H2,1-3H3;3*1-2H3/b5-4-;;;;. The number of rotatable bonds is 4. The third kappa shape index (κ3) is 31.4. The van der Waals surface area contributed by atoms with Gasteiger partial charge in [0.25, 0.3) is 0 Å². The van der Waals surface area contributed by atoms with Crippen molar-refractivity contribution in [2.45, 2.75) is 75.2 Å². The Morgan fingerprint density at radius 2 is 1.27 bits per heavy atom. The van der Waals surface area contributed by atoms with Crippen LogP contribution in [0.2, 0.25) is 0 Å². The number of allylic oxidation sites excluding steroid dienone is 1. The molecule has 0 fully saturated rings. The van der Waals surface area contributed by atoms with Crippen LogP contribution in [0.4, 0.5) is 0 Å². The Morgan fingerprint density at radius 1 is 0.864 bits per heavy atom. The molecule has 1 rings (SSSR count). The fourth-order valence-corrected chi connectivity index (χ4v) is 0.930. The predicted molar refractivity (Wildman–Crippen MR) is 108 cm³/mol. The monoisotopic (exact) mass is 309 g/mol. The number of benzene rings is 1. The lowest BCUT2D eigenvalue weighted by molar-refractivity contribution is 0.626. The summed E-state index contributed by atoms with van der Waals surface area (Å²) in [6, 6.07) is 10.3. The van der Waals surface area contributed by atoms with Gasteiger partial charge in [-0.25, -0.2) is 0 Å². The molecule has 2 N–H and O–H groups in total. The maximum atomic E-state index is 5.31. The molecule has 0 aromatic heterocycles. The van der Waals surface area contributed by atoms with Gasteiger partial charge in [0.2, 0.25) is 0 Å². The maximum absolute atomic E-state index is 5.31. The van der Waals surface area contributed by atoms with Gasteiger partial charge in [-0.3, -0.25) is 0 Å². The summed E-state index contributed by atoms with van der Waals surface area (Å²) in [7, 11) is 0. The Morgan fingerprint density at radius 3 is 1.59 bits per heavy atom. The lowest BCUT2D eigenvalue weighted by Gasteiger charge is -1.92. The van der Waals surface area contributed by atoms with Gasteiger partial charge in [0, 0.05) is 6.54 Å². The van der Waals surface area contributed by atoms with Crippen LogP contribution >= 0.6 is 0 Å². The SMILES string of the molecule is CC.CC.CC.CCC(C)C.NC/C=C\Cc1ccccc1. The fraction of sp³-hybridized carbons (Fsp3) is 0.619. The van der Waals surface area contributed by atoms with Gasteiger partial charge in [-0.05, 0) is 17.9 Å². The summed E-state index contributed by atoms with van der Waals surface area (Å²) in [6.07, 6.45) is 6.36.